The molecule has 3 aromatic rings. The molecule has 0 aliphatic rings. The van der Waals surface area contributed by atoms with Gasteiger partial charge >= 0.3 is 0 Å². The number of carbonyl (C=O) groups is 1. The van der Waals surface area contributed by atoms with Crippen molar-refractivity contribution in [1.82, 2.24) is 4.98 Å². The third-order valence-corrected chi connectivity index (χ3v) is 5.35. The van der Waals surface area contributed by atoms with Crippen molar-refractivity contribution in [3.05, 3.63) is 72.6 Å². The number of pyridine rings is 1. The monoisotopic (exact) mass is 413 g/mol. The number of amides is 1. The van der Waals surface area contributed by atoms with Crippen LogP contribution < -0.4 is 19.5 Å². The van der Waals surface area contributed by atoms with Crippen LogP contribution in [0.15, 0.2) is 71.9 Å². The Hall–Kier alpha value is -3.59. The van der Waals surface area contributed by atoms with Crippen molar-refractivity contribution in [3.8, 4) is 11.5 Å². The molecule has 0 radical (unpaired) electrons. The molecule has 0 aliphatic carbocycles. The largest absolute Gasteiger partial charge is 0.497 e. The molecule has 0 unspecified atom stereocenters. The summed E-state index contributed by atoms with van der Waals surface area (Å²) in [4.78, 5) is 16.3. The van der Waals surface area contributed by atoms with Gasteiger partial charge in [-0.3, -0.25) is 14.5 Å². The predicted octanol–water partition coefficient (Wildman–Crippen LogP) is 3.15. The van der Waals surface area contributed by atoms with E-state index in [2.05, 4.69) is 15.0 Å². The zero-order chi connectivity index (χ0) is 20.9. The molecule has 1 heterocycles. The molecule has 2 aromatic carbocycles. The van der Waals surface area contributed by atoms with Gasteiger partial charge in [-0.05, 0) is 30.3 Å². The van der Waals surface area contributed by atoms with Gasteiger partial charge in [0.2, 0.25) is 0 Å². The van der Waals surface area contributed by atoms with E-state index in [9.17, 15) is 13.2 Å². The Kier molecular flexibility index (Phi) is 5.99. The molecule has 0 saturated carbocycles. The molecule has 1 aromatic heterocycles. The average molecular weight is 413 g/mol. The number of anilines is 2. The Morgan fingerprint density at radius 1 is 0.931 bits per heavy atom. The van der Waals surface area contributed by atoms with E-state index in [-0.39, 0.29) is 21.9 Å². The number of ether oxygens (including phenoxy) is 2. The van der Waals surface area contributed by atoms with Gasteiger partial charge in [0.1, 0.15) is 16.4 Å². The highest BCUT2D eigenvalue weighted by Crippen LogP contribution is 2.29. The van der Waals surface area contributed by atoms with Crippen molar-refractivity contribution in [1.29, 1.82) is 0 Å². The maximum absolute atomic E-state index is 12.8. The van der Waals surface area contributed by atoms with Crippen LogP contribution >= 0.6 is 0 Å². The van der Waals surface area contributed by atoms with Gasteiger partial charge in [-0.15, -0.1) is 0 Å². The number of para-hydroxylation sites is 1. The SMILES string of the molecule is COc1ccc(OC)c(S(=O)(=O)Nc2cncc(C(=O)Nc3ccccc3)c2)c1. The number of sulfonamides is 1. The van der Waals surface area contributed by atoms with Crippen molar-refractivity contribution < 1.29 is 22.7 Å². The van der Waals surface area contributed by atoms with E-state index >= 15 is 0 Å². The molecule has 9 heteroatoms. The standard InChI is InChI=1S/C20H19N3O5S/c1-27-17-8-9-18(28-2)19(11-17)29(25,26)23-16-10-14(12-21-13-16)20(24)22-15-6-4-3-5-7-15/h3-13,23H,1-2H3,(H,22,24). The van der Waals surface area contributed by atoms with Crippen LogP contribution in [0.1, 0.15) is 10.4 Å². The Balaban J connectivity index is 1.85. The zero-order valence-electron chi connectivity index (χ0n) is 15.7. The van der Waals surface area contributed by atoms with Crippen LogP contribution in [0.5, 0.6) is 11.5 Å². The molecule has 0 aliphatic heterocycles. The first-order valence-electron chi connectivity index (χ1n) is 8.49. The third kappa shape index (κ3) is 4.82. The maximum Gasteiger partial charge on any atom is 0.265 e. The average Bonchev–Trinajstić information content (AvgIpc) is 2.73. The summed E-state index contributed by atoms with van der Waals surface area (Å²) in [5, 5.41) is 2.72. The number of rotatable bonds is 7. The van der Waals surface area contributed by atoms with Crippen LogP contribution in [-0.4, -0.2) is 33.5 Å². The fourth-order valence-electron chi connectivity index (χ4n) is 2.55. The molecule has 0 spiro atoms. The lowest BCUT2D eigenvalue weighted by molar-refractivity contribution is 0.102. The van der Waals surface area contributed by atoms with Crippen molar-refractivity contribution in [2.75, 3.05) is 24.3 Å². The Morgan fingerprint density at radius 2 is 1.69 bits per heavy atom. The number of nitrogens with zero attached hydrogens (tertiary/aromatic N) is 1. The van der Waals surface area contributed by atoms with Crippen LogP contribution in [0.3, 0.4) is 0 Å². The summed E-state index contributed by atoms with van der Waals surface area (Å²) >= 11 is 0. The number of hydrogen-bond donors (Lipinski definition) is 2. The van der Waals surface area contributed by atoms with E-state index in [4.69, 9.17) is 9.47 Å². The summed E-state index contributed by atoms with van der Waals surface area (Å²) < 4.78 is 38.3. The van der Waals surface area contributed by atoms with E-state index < -0.39 is 15.9 Å². The van der Waals surface area contributed by atoms with E-state index in [1.54, 1.807) is 30.3 Å². The molecule has 8 nitrogen and oxygen atoms in total. The summed E-state index contributed by atoms with van der Waals surface area (Å²) in [6.07, 6.45) is 2.66. The fraction of sp³-hybridized carbons (Fsp3) is 0.100. The smallest absolute Gasteiger partial charge is 0.265 e. The van der Waals surface area contributed by atoms with Crippen molar-refractivity contribution in [2.24, 2.45) is 0 Å². The maximum atomic E-state index is 12.8. The van der Waals surface area contributed by atoms with Crippen molar-refractivity contribution >= 4 is 27.3 Å². The lowest BCUT2D eigenvalue weighted by Crippen LogP contribution is -2.16. The van der Waals surface area contributed by atoms with E-state index in [1.165, 1.54) is 44.8 Å². The second-order valence-electron chi connectivity index (χ2n) is 5.90. The normalized spacial score (nSPS) is 10.8. The molecule has 0 atom stereocenters. The minimum absolute atomic E-state index is 0.0986. The van der Waals surface area contributed by atoms with Crippen LogP contribution in [0, 0.1) is 0 Å². The molecule has 3 rings (SSSR count). The number of benzene rings is 2. The second-order valence-corrected chi connectivity index (χ2v) is 7.56. The fourth-order valence-corrected chi connectivity index (χ4v) is 3.77. The van der Waals surface area contributed by atoms with Gasteiger partial charge < -0.3 is 14.8 Å². The van der Waals surface area contributed by atoms with Gasteiger partial charge in [-0.1, -0.05) is 18.2 Å². The predicted molar refractivity (Wildman–Crippen MR) is 109 cm³/mol. The molecule has 29 heavy (non-hydrogen) atoms. The molecule has 0 bridgehead atoms. The van der Waals surface area contributed by atoms with Gasteiger partial charge in [0.15, 0.2) is 0 Å². The highest BCUT2D eigenvalue weighted by molar-refractivity contribution is 7.92. The minimum Gasteiger partial charge on any atom is -0.497 e. The molecule has 0 fully saturated rings. The number of nitrogens with one attached hydrogen (secondary N) is 2. The quantitative estimate of drug-likeness (QED) is 0.616. The van der Waals surface area contributed by atoms with E-state index in [0.717, 1.165) is 0 Å². The lowest BCUT2D eigenvalue weighted by atomic mass is 10.2. The van der Waals surface area contributed by atoms with Gasteiger partial charge in [0, 0.05) is 18.0 Å². The van der Waals surface area contributed by atoms with Gasteiger partial charge in [-0.2, -0.15) is 0 Å². The van der Waals surface area contributed by atoms with E-state index in [0.29, 0.717) is 11.4 Å². The zero-order valence-corrected chi connectivity index (χ0v) is 16.6. The molecular weight excluding hydrogens is 394 g/mol. The molecule has 2 N–H and O–H groups in total. The van der Waals surface area contributed by atoms with Crippen molar-refractivity contribution in [3.63, 3.8) is 0 Å². The second kappa shape index (κ2) is 8.61. The Bertz CT molecular complexity index is 1120. The molecular formula is C20H19N3O5S. The molecule has 150 valence electrons. The van der Waals surface area contributed by atoms with Crippen molar-refractivity contribution in [2.45, 2.75) is 4.90 Å². The molecule has 0 saturated heterocycles. The Morgan fingerprint density at radius 3 is 2.38 bits per heavy atom. The Labute approximate surface area is 168 Å². The van der Waals surface area contributed by atoms with Crippen LogP contribution in [-0.2, 0) is 10.0 Å². The topological polar surface area (TPSA) is 107 Å². The van der Waals surface area contributed by atoms with Crippen LogP contribution in [0.4, 0.5) is 11.4 Å². The number of hydrogen-bond acceptors (Lipinski definition) is 6. The summed E-state index contributed by atoms with van der Waals surface area (Å²) in [5.74, 6) is 0.105. The third-order valence-electron chi connectivity index (χ3n) is 3.94. The summed E-state index contributed by atoms with van der Waals surface area (Å²) in [5.41, 5.74) is 0.951. The summed E-state index contributed by atoms with van der Waals surface area (Å²) in [6.45, 7) is 0. The highest BCUT2D eigenvalue weighted by Gasteiger charge is 2.21. The first kappa shape index (κ1) is 20.2. The summed E-state index contributed by atoms with van der Waals surface area (Å²) in [7, 11) is -1.21. The summed E-state index contributed by atoms with van der Waals surface area (Å²) in [6, 6.07) is 14.7. The first-order valence-corrected chi connectivity index (χ1v) is 9.97. The van der Waals surface area contributed by atoms with Gasteiger partial charge in [-0.25, -0.2) is 8.42 Å². The molecule has 1 amide bonds. The first-order chi connectivity index (χ1) is 13.9. The van der Waals surface area contributed by atoms with Crippen LogP contribution in [0.25, 0.3) is 0 Å². The number of aromatic nitrogens is 1. The van der Waals surface area contributed by atoms with Gasteiger partial charge in [0.25, 0.3) is 15.9 Å². The van der Waals surface area contributed by atoms with Gasteiger partial charge in [0.05, 0.1) is 31.7 Å². The van der Waals surface area contributed by atoms with Crippen LogP contribution in [0.2, 0.25) is 0 Å². The number of methoxy groups -OCH3 is 2. The lowest BCUT2D eigenvalue weighted by Gasteiger charge is -2.13. The minimum atomic E-state index is -4.02. The number of carbonyl (C=O) groups excluding carboxylic acids is 1. The van der Waals surface area contributed by atoms with E-state index in [1.807, 2.05) is 6.07 Å². The highest BCUT2D eigenvalue weighted by atomic mass is 32.2.